The predicted octanol–water partition coefficient (Wildman–Crippen LogP) is 5.72. The average molecular weight is 598 g/mol. The first-order valence-electron chi connectivity index (χ1n) is 14.3. The first-order valence-corrected chi connectivity index (χ1v) is 15.7. The standard InChI is InChI=1S/C32H37F2N3O4S/c1-3-29(32(39)35-26-9-5-4-6-10-26)36(21-24-15-17-25(33)18-16-24)31(38)22-37(30-12-8-7-11-28(30)34)42(40,41)27-19-13-23(2)14-20-27/h7-8,11-20,26,29H,3-6,9-10,21-22H2,1-2H3,(H,35,39). The summed E-state index contributed by atoms with van der Waals surface area (Å²) in [5.74, 6) is -2.29. The van der Waals surface area contributed by atoms with E-state index < -0.39 is 40.2 Å². The van der Waals surface area contributed by atoms with E-state index in [0.717, 1.165) is 48.0 Å². The van der Waals surface area contributed by atoms with E-state index in [9.17, 15) is 22.4 Å². The topological polar surface area (TPSA) is 86.8 Å². The maximum atomic E-state index is 15.1. The van der Waals surface area contributed by atoms with E-state index in [1.165, 1.54) is 59.5 Å². The van der Waals surface area contributed by atoms with Crippen molar-refractivity contribution in [2.45, 2.75) is 75.9 Å². The number of para-hydroxylation sites is 1. The Labute approximate surface area is 246 Å². The lowest BCUT2D eigenvalue weighted by Gasteiger charge is -2.34. The zero-order valence-corrected chi connectivity index (χ0v) is 24.7. The van der Waals surface area contributed by atoms with Crippen LogP contribution in [0.5, 0.6) is 0 Å². The van der Waals surface area contributed by atoms with Gasteiger partial charge in [0.15, 0.2) is 0 Å². The highest BCUT2D eigenvalue weighted by Gasteiger charge is 2.35. The molecule has 10 heteroatoms. The number of carbonyl (C=O) groups is 2. The van der Waals surface area contributed by atoms with Gasteiger partial charge in [-0.3, -0.25) is 13.9 Å². The lowest BCUT2D eigenvalue weighted by Crippen LogP contribution is -2.54. The molecule has 1 aliphatic rings. The highest BCUT2D eigenvalue weighted by molar-refractivity contribution is 7.92. The SMILES string of the molecule is CCC(C(=O)NC1CCCCC1)N(Cc1ccc(F)cc1)C(=O)CN(c1ccccc1F)S(=O)(=O)c1ccc(C)cc1. The second kappa shape index (κ2) is 13.9. The largest absolute Gasteiger partial charge is 0.352 e. The van der Waals surface area contributed by atoms with Crippen LogP contribution in [0.25, 0.3) is 0 Å². The molecule has 1 aliphatic carbocycles. The van der Waals surface area contributed by atoms with Gasteiger partial charge in [-0.2, -0.15) is 0 Å². The Morgan fingerprint density at radius 1 is 0.929 bits per heavy atom. The molecule has 0 radical (unpaired) electrons. The van der Waals surface area contributed by atoms with Crippen LogP contribution in [0, 0.1) is 18.6 Å². The summed E-state index contributed by atoms with van der Waals surface area (Å²) in [6.45, 7) is 2.77. The molecular weight excluding hydrogens is 560 g/mol. The number of hydrogen-bond acceptors (Lipinski definition) is 4. The van der Waals surface area contributed by atoms with Gasteiger partial charge in [-0.25, -0.2) is 17.2 Å². The molecule has 1 atom stereocenters. The Morgan fingerprint density at radius 2 is 1.57 bits per heavy atom. The predicted molar refractivity (Wildman–Crippen MR) is 158 cm³/mol. The molecule has 0 heterocycles. The summed E-state index contributed by atoms with van der Waals surface area (Å²) in [5, 5.41) is 3.07. The minimum atomic E-state index is -4.38. The molecule has 42 heavy (non-hydrogen) atoms. The number of amides is 2. The summed E-state index contributed by atoms with van der Waals surface area (Å²) in [5.41, 5.74) is 1.11. The zero-order chi connectivity index (χ0) is 30.3. The first kappa shape index (κ1) is 31.2. The van der Waals surface area contributed by atoms with E-state index >= 15 is 4.39 Å². The fourth-order valence-electron chi connectivity index (χ4n) is 5.26. The van der Waals surface area contributed by atoms with Crippen LogP contribution < -0.4 is 9.62 Å². The summed E-state index contributed by atoms with van der Waals surface area (Å²) in [6.07, 6.45) is 5.09. The summed E-state index contributed by atoms with van der Waals surface area (Å²) >= 11 is 0. The van der Waals surface area contributed by atoms with Crippen LogP contribution in [-0.4, -0.2) is 43.8 Å². The Balaban J connectivity index is 1.71. The first-order chi connectivity index (χ1) is 20.1. The normalized spacial score (nSPS) is 14.7. The van der Waals surface area contributed by atoms with Crippen LogP contribution in [0.1, 0.15) is 56.6 Å². The van der Waals surface area contributed by atoms with Crippen LogP contribution in [0.3, 0.4) is 0 Å². The number of nitrogens with zero attached hydrogens (tertiary/aromatic N) is 2. The van der Waals surface area contributed by atoms with Crippen LogP contribution in [0.2, 0.25) is 0 Å². The van der Waals surface area contributed by atoms with E-state index in [1.807, 2.05) is 6.92 Å². The minimum Gasteiger partial charge on any atom is -0.352 e. The van der Waals surface area contributed by atoms with Gasteiger partial charge in [-0.15, -0.1) is 0 Å². The van der Waals surface area contributed by atoms with Crippen LogP contribution >= 0.6 is 0 Å². The smallest absolute Gasteiger partial charge is 0.264 e. The maximum absolute atomic E-state index is 15.1. The van der Waals surface area contributed by atoms with Crippen molar-refractivity contribution in [1.29, 1.82) is 0 Å². The van der Waals surface area contributed by atoms with Crippen molar-refractivity contribution in [3.05, 3.63) is 95.6 Å². The van der Waals surface area contributed by atoms with Crippen LogP contribution in [-0.2, 0) is 26.2 Å². The molecule has 1 unspecified atom stereocenters. The number of sulfonamides is 1. The van der Waals surface area contributed by atoms with Crippen molar-refractivity contribution in [3.8, 4) is 0 Å². The highest BCUT2D eigenvalue weighted by atomic mass is 32.2. The van der Waals surface area contributed by atoms with Crippen molar-refractivity contribution in [3.63, 3.8) is 0 Å². The molecular formula is C32H37F2N3O4S. The average Bonchev–Trinajstić information content (AvgIpc) is 2.98. The Bertz CT molecular complexity index is 1470. The lowest BCUT2D eigenvalue weighted by atomic mass is 9.95. The molecule has 4 rings (SSSR count). The van der Waals surface area contributed by atoms with Gasteiger partial charge in [0.2, 0.25) is 11.8 Å². The van der Waals surface area contributed by atoms with Crippen LogP contribution in [0.15, 0.2) is 77.7 Å². The molecule has 3 aromatic rings. The monoisotopic (exact) mass is 597 g/mol. The molecule has 1 fully saturated rings. The number of carbonyl (C=O) groups excluding carboxylic acids is 2. The molecule has 3 aromatic carbocycles. The van der Waals surface area contributed by atoms with E-state index in [2.05, 4.69) is 5.32 Å². The number of aryl methyl sites for hydroxylation is 1. The Kier molecular flexibility index (Phi) is 10.3. The second-order valence-electron chi connectivity index (χ2n) is 10.7. The fraction of sp³-hybridized carbons (Fsp3) is 0.375. The van der Waals surface area contributed by atoms with Gasteiger partial charge < -0.3 is 10.2 Å². The van der Waals surface area contributed by atoms with Crippen molar-refractivity contribution in [1.82, 2.24) is 10.2 Å². The highest BCUT2D eigenvalue weighted by Crippen LogP contribution is 2.27. The van der Waals surface area contributed by atoms with Crippen molar-refractivity contribution in [2.24, 2.45) is 0 Å². The van der Waals surface area contributed by atoms with Crippen molar-refractivity contribution >= 4 is 27.5 Å². The third-order valence-electron chi connectivity index (χ3n) is 7.61. The van der Waals surface area contributed by atoms with Crippen molar-refractivity contribution < 1.29 is 26.8 Å². The summed E-state index contributed by atoms with van der Waals surface area (Å²) < 4.78 is 57.2. The molecule has 0 spiro atoms. The van der Waals surface area contributed by atoms with Crippen molar-refractivity contribution in [2.75, 3.05) is 10.8 Å². The van der Waals surface area contributed by atoms with Crippen LogP contribution in [0.4, 0.5) is 14.5 Å². The van der Waals surface area contributed by atoms with E-state index in [-0.39, 0.29) is 35.5 Å². The van der Waals surface area contributed by atoms with Gasteiger partial charge in [0.25, 0.3) is 10.0 Å². The molecule has 224 valence electrons. The van der Waals surface area contributed by atoms with Gasteiger partial charge in [-0.1, -0.05) is 68.1 Å². The molecule has 0 bridgehead atoms. The minimum absolute atomic E-state index is 0.0000913. The van der Waals surface area contributed by atoms with Gasteiger partial charge in [0.1, 0.15) is 24.2 Å². The summed E-state index contributed by atoms with van der Waals surface area (Å²) in [4.78, 5) is 28.8. The third kappa shape index (κ3) is 7.53. The summed E-state index contributed by atoms with van der Waals surface area (Å²) in [7, 11) is -4.38. The molecule has 0 aromatic heterocycles. The van der Waals surface area contributed by atoms with E-state index in [4.69, 9.17) is 0 Å². The van der Waals surface area contributed by atoms with E-state index in [0.29, 0.717) is 5.56 Å². The molecule has 0 aliphatic heterocycles. The number of benzene rings is 3. The molecule has 7 nitrogen and oxygen atoms in total. The Morgan fingerprint density at radius 3 is 2.19 bits per heavy atom. The molecule has 0 saturated heterocycles. The van der Waals surface area contributed by atoms with Gasteiger partial charge in [0, 0.05) is 12.6 Å². The number of halogens is 2. The molecule has 1 N–H and O–H groups in total. The molecule has 1 saturated carbocycles. The molecule has 2 amide bonds. The van der Waals surface area contributed by atoms with Gasteiger partial charge in [0.05, 0.1) is 10.6 Å². The summed E-state index contributed by atoms with van der Waals surface area (Å²) in [6, 6.07) is 16.0. The second-order valence-corrected chi connectivity index (χ2v) is 12.6. The lowest BCUT2D eigenvalue weighted by molar-refractivity contribution is -0.140. The van der Waals surface area contributed by atoms with Gasteiger partial charge in [-0.05, 0) is 68.1 Å². The fourth-order valence-corrected chi connectivity index (χ4v) is 6.68. The Hall–Kier alpha value is -3.79. The number of hydrogen-bond donors (Lipinski definition) is 1. The van der Waals surface area contributed by atoms with E-state index in [1.54, 1.807) is 19.1 Å². The van der Waals surface area contributed by atoms with Gasteiger partial charge >= 0.3 is 0 Å². The number of anilines is 1. The zero-order valence-electron chi connectivity index (χ0n) is 23.9. The number of rotatable bonds is 11. The third-order valence-corrected chi connectivity index (χ3v) is 9.39. The number of nitrogens with one attached hydrogen (secondary N) is 1. The maximum Gasteiger partial charge on any atom is 0.264 e. The quantitative estimate of drug-likeness (QED) is 0.306.